The van der Waals surface area contributed by atoms with Gasteiger partial charge in [0.05, 0.1) is 16.1 Å². The Kier molecular flexibility index (Phi) is 7.63. The van der Waals surface area contributed by atoms with E-state index in [1.165, 1.54) is 37.9 Å². The number of hydrogen-bond acceptors (Lipinski definition) is 4. The van der Waals surface area contributed by atoms with Crippen molar-refractivity contribution in [3.8, 4) is 0 Å². The van der Waals surface area contributed by atoms with E-state index in [1.54, 1.807) is 16.8 Å². The number of hydrogen-bond donors (Lipinski definition) is 1. The molecule has 1 aliphatic heterocycles. The topological polar surface area (TPSA) is 67.2 Å². The fourth-order valence-electron chi connectivity index (χ4n) is 4.96. The van der Waals surface area contributed by atoms with Gasteiger partial charge in [0.15, 0.2) is 0 Å². The fraction of sp³-hybridized carbons (Fsp3) is 0.519. The molecule has 0 spiro atoms. The van der Waals surface area contributed by atoms with Crippen LogP contribution in [0.4, 0.5) is 5.69 Å². The molecule has 0 atom stereocenters. The molecule has 1 N–H and O–H groups in total. The van der Waals surface area contributed by atoms with E-state index >= 15 is 0 Å². The van der Waals surface area contributed by atoms with Crippen molar-refractivity contribution in [3.63, 3.8) is 0 Å². The normalized spacial score (nSPS) is 15.9. The first kappa shape index (κ1) is 24.7. The predicted octanol–water partition coefficient (Wildman–Crippen LogP) is 5.24. The number of benzene rings is 2. The van der Waals surface area contributed by atoms with Crippen LogP contribution < -0.4 is 4.72 Å². The maximum Gasteiger partial charge on any atom is 0.261 e. The number of rotatable bonds is 9. The molecular weight excluding hydrogens is 444 g/mol. The summed E-state index contributed by atoms with van der Waals surface area (Å²) in [5.74, 6) is 1.24. The number of anilines is 1. The Bertz CT molecular complexity index is 1210. The van der Waals surface area contributed by atoms with Crippen molar-refractivity contribution in [1.29, 1.82) is 0 Å². The van der Waals surface area contributed by atoms with Gasteiger partial charge in [-0.15, -0.1) is 0 Å². The Balaban J connectivity index is 1.46. The number of piperidine rings is 1. The highest BCUT2D eigenvalue weighted by molar-refractivity contribution is 7.92. The summed E-state index contributed by atoms with van der Waals surface area (Å²) >= 11 is 0. The Morgan fingerprint density at radius 2 is 1.76 bits per heavy atom. The minimum Gasteiger partial charge on any atom is -0.306 e. The van der Waals surface area contributed by atoms with Crippen LogP contribution in [-0.2, 0) is 29.9 Å². The van der Waals surface area contributed by atoms with Crippen LogP contribution in [0.3, 0.4) is 0 Å². The van der Waals surface area contributed by atoms with Crippen LogP contribution in [0.1, 0.15) is 50.7 Å². The van der Waals surface area contributed by atoms with E-state index in [4.69, 9.17) is 0 Å². The molecule has 0 bridgehead atoms. The standard InChI is InChI=1S/C27H38N4O2S/c1-20(2)18-23-10-13-26-25(19-31(4)28-26)27(23)29-34(32,33)24-11-8-21(9-12-24)6-5-7-22-14-16-30(3)17-15-22/h8-13,19-20,22,29H,5-7,14-18H2,1-4H3. The first-order valence-electron chi connectivity index (χ1n) is 12.5. The molecule has 2 aromatic carbocycles. The van der Waals surface area contributed by atoms with Gasteiger partial charge in [-0.3, -0.25) is 9.40 Å². The van der Waals surface area contributed by atoms with Crippen LogP contribution in [0.25, 0.3) is 10.9 Å². The zero-order valence-electron chi connectivity index (χ0n) is 20.9. The van der Waals surface area contributed by atoms with Crippen LogP contribution in [0, 0.1) is 11.8 Å². The zero-order chi connectivity index (χ0) is 24.3. The monoisotopic (exact) mass is 482 g/mol. The highest BCUT2D eigenvalue weighted by Crippen LogP contribution is 2.31. The summed E-state index contributed by atoms with van der Waals surface area (Å²) in [5.41, 5.74) is 3.61. The molecule has 0 amide bonds. The lowest BCUT2D eigenvalue weighted by molar-refractivity contribution is 0.210. The van der Waals surface area contributed by atoms with Crippen molar-refractivity contribution in [2.75, 3.05) is 24.9 Å². The third-order valence-electron chi connectivity index (χ3n) is 6.90. The lowest BCUT2D eigenvalue weighted by Crippen LogP contribution is -2.30. The van der Waals surface area contributed by atoms with E-state index < -0.39 is 10.0 Å². The fourth-order valence-corrected chi connectivity index (χ4v) is 6.08. The van der Waals surface area contributed by atoms with Crippen molar-refractivity contribution in [3.05, 3.63) is 53.7 Å². The van der Waals surface area contributed by atoms with Gasteiger partial charge in [-0.25, -0.2) is 8.42 Å². The molecule has 1 fully saturated rings. The second-order valence-corrected chi connectivity index (χ2v) is 12.0. The minimum absolute atomic E-state index is 0.294. The second-order valence-electron chi connectivity index (χ2n) is 10.3. The molecule has 0 saturated carbocycles. The molecule has 7 heteroatoms. The Labute approximate surface area is 204 Å². The van der Waals surface area contributed by atoms with Gasteiger partial charge >= 0.3 is 0 Å². The van der Waals surface area contributed by atoms with Gasteiger partial charge in [0, 0.05) is 18.6 Å². The largest absolute Gasteiger partial charge is 0.306 e. The molecule has 0 aliphatic carbocycles. The molecule has 1 aromatic heterocycles. The number of sulfonamides is 1. The van der Waals surface area contributed by atoms with Crippen molar-refractivity contribution in [1.82, 2.24) is 14.7 Å². The zero-order valence-corrected chi connectivity index (χ0v) is 21.7. The molecule has 34 heavy (non-hydrogen) atoms. The molecular formula is C27H38N4O2S. The first-order valence-corrected chi connectivity index (χ1v) is 13.9. The third kappa shape index (κ3) is 5.99. The molecule has 184 valence electrons. The van der Waals surface area contributed by atoms with Crippen molar-refractivity contribution in [2.24, 2.45) is 18.9 Å². The maximum atomic E-state index is 13.3. The molecule has 1 aliphatic rings. The van der Waals surface area contributed by atoms with Gasteiger partial charge in [-0.2, -0.15) is 5.10 Å². The molecule has 1 saturated heterocycles. The first-order chi connectivity index (χ1) is 16.2. The smallest absolute Gasteiger partial charge is 0.261 e. The van der Waals surface area contributed by atoms with Gasteiger partial charge in [-0.05, 0) is 93.4 Å². The molecule has 4 rings (SSSR count). The van der Waals surface area contributed by atoms with Crippen molar-refractivity contribution >= 4 is 26.6 Å². The molecule has 2 heterocycles. The number of nitrogens with one attached hydrogen (secondary N) is 1. The number of fused-ring (bicyclic) bond motifs is 1. The second kappa shape index (κ2) is 10.5. The number of nitrogens with zero attached hydrogens (tertiary/aromatic N) is 3. The maximum absolute atomic E-state index is 13.3. The lowest BCUT2D eigenvalue weighted by Gasteiger charge is -2.28. The SMILES string of the molecule is CC(C)Cc1ccc2nn(C)cc2c1NS(=O)(=O)c1ccc(CCCC2CCN(C)CC2)cc1. The van der Waals surface area contributed by atoms with Gasteiger partial charge in [0.25, 0.3) is 10.0 Å². The van der Waals surface area contributed by atoms with E-state index in [0.717, 1.165) is 41.6 Å². The third-order valence-corrected chi connectivity index (χ3v) is 8.27. The Hall–Kier alpha value is -2.38. The average Bonchev–Trinajstić information content (AvgIpc) is 3.17. The summed E-state index contributed by atoms with van der Waals surface area (Å²) in [6.45, 7) is 6.68. The molecule has 0 radical (unpaired) electrons. The van der Waals surface area contributed by atoms with Gasteiger partial charge in [-0.1, -0.05) is 38.5 Å². The van der Waals surface area contributed by atoms with Crippen LogP contribution in [-0.4, -0.2) is 43.2 Å². The van der Waals surface area contributed by atoms with E-state index in [9.17, 15) is 8.42 Å². The van der Waals surface area contributed by atoms with Gasteiger partial charge < -0.3 is 4.90 Å². The average molecular weight is 483 g/mol. The van der Waals surface area contributed by atoms with E-state index in [-0.39, 0.29) is 0 Å². The summed E-state index contributed by atoms with van der Waals surface area (Å²) in [6, 6.07) is 11.3. The highest BCUT2D eigenvalue weighted by atomic mass is 32.2. The van der Waals surface area contributed by atoms with E-state index in [2.05, 4.69) is 35.6 Å². The van der Waals surface area contributed by atoms with Crippen LogP contribution in [0.15, 0.2) is 47.5 Å². The molecule has 0 unspecified atom stereocenters. The summed E-state index contributed by atoms with van der Waals surface area (Å²) in [6.07, 6.45) is 8.66. The molecule has 6 nitrogen and oxygen atoms in total. The van der Waals surface area contributed by atoms with Crippen molar-refractivity contribution < 1.29 is 8.42 Å². The van der Waals surface area contributed by atoms with Crippen LogP contribution in [0.2, 0.25) is 0 Å². The Morgan fingerprint density at radius 3 is 2.44 bits per heavy atom. The van der Waals surface area contributed by atoms with E-state index in [0.29, 0.717) is 16.5 Å². The summed E-state index contributed by atoms with van der Waals surface area (Å²) in [5, 5.41) is 5.28. The summed E-state index contributed by atoms with van der Waals surface area (Å²) in [4.78, 5) is 2.70. The van der Waals surface area contributed by atoms with Crippen molar-refractivity contribution in [2.45, 2.75) is 57.3 Å². The van der Waals surface area contributed by atoms with Crippen LogP contribution in [0.5, 0.6) is 0 Å². The lowest BCUT2D eigenvalue weighted by atomic mass is 9.91. The minimum atomic E-state index is -3.71. The quantitative estimate of drug-likeness (QED) is 0.453. The summed E-state index contributed by atoms with van der Waals surface area (Å²) < 4.78 is 31.2. The van der Waals surface area contributed by atoms with Gasteiger partial charge in [0.2, 0.25) is 0 Å². The van der Waals surface area contributed by atoms with Gasteiger partial charge in [0.1, 0.15) is 0 Å². The Morgan fingerprint density at radius 1 is 1.06 bits per heavy atom. The van der Waals surface area contributed by atoms with E-state index in [1.807, 2.05) is 37.5 Å². The number of aryl methyl sites for hydroxylation is 2. The molecule has 3 aromatic rings. The highest BCUT2D eigenvalue weighted by Gasteiger charge is 2.20. The number of likely N-dealkylation sites (tertiary alicyclic amines) is 1. The predicted molar refractivity (Wildman–Crippen MR) is 140 cm³/mol. The van der Waals surface area contributed by atoms with Crippen LogP contribution >= 0.6 is 0 Å². The summed E-state index contributed by atoms with van der Waals surface area (Å²) in [7, 11) is 0.345. The number of aromatic nitrogens is 2.